The second-order valence-corrected chi connectivity index (χ2v) is 3.36. The number of nitrogens with one attached hydrogen (secondary N) is 2. The lowest BCUT2D eigenvalue weighted by molar-refractivity contribution is 0.175. The highest BCUT2D eigenvalue weighted by molar-refractivity contribution is 6.68. The summed E-state index contributed by atoms with van der Waals surface area (Å²) >= 11 is 5.61. The van der Waals surface area contributed by atoms with Crippen molar-refractivity contribution in [2.45, 2.75) is 19.8 Å². The molecule has 13 heavy (non-hydrogen) atoms. The summed E-state index contributed by atoms with van der Waals surface area (Å²) in [5, 5.41) is 10.3. The van der Waals surface area contributed by atoms with E-state index in [0.717, 1.165) is 24.1 Å². The number of ether oxygens (including phenoxy) is 1. The summed E-state index contributed by atoms with van der Waals surface area (Å²) in [7, 11) is 0. The Morgan fingerprint density at radius 2 is 2.38 bits per heavy atom. The topological polar surface area (TPSA) is 45.1 Å². The number of rotatable bonds is 3. The third-order valence-corrected chi connectivity index (χ3v) is 1.91. The van der Waals surface area contributed by atoms with Crippen molar-refractivity contribution in [1.29, 1.82) is 5.41 Å². The van der Waals surface area contributed by atoms with Gasteiger partial charge < -0.3 is 10.1 Å². The van der Waals surface area contributed by atoms with Crippen LogP contribution in [0, 0.1) is 5.41 Å². The van der Waals surface area contributed by atoms with Crippen LogP contribution in [0.15, 0.2) is 23.7 Å². The number of hydrogen-bond acceptors (Lipinski definition) is 3. The summed E-state index contributed by atoms with van der Waals surface area (Å²) in [6.07, 6.45) is 1.70. The Bertz CT molecular complexity index is 271. The zero-order valence-electron chi connectivity index (χ0n) is 7.61. The Hall–Kier alpha value is -0.960. The maximum absolute atomic E-state index is 7.32. The second-order valence-electron chi connectivity index (χ2n) is 2.98. The van der Waals surface area contributed by atoms with Crippen LogP contribution in [-0.4, -0.2) is 11.8 Å². The molecular weight excluding hydrogens is 188 g/mol. The van der Waals surface area contributed by atoms with Gasteiger partial charge in [-0.05, 0) is 19.8 Å². The molecule has 0 aliphatic carbocycles. The SMILES string of the molecule is C=C(C)NC1=C(C(=N)Cl)CCCO1. The summed E-state index contributed by atoms with van der Waals surface area (Å²) in [6.45, 7) is 6.21. The fraction of sp³-hybridized carbons (Fsp3) is 0.444. The van der Waals surface area contributed by atoms with Crippen LogP contribution in [0.2, 0.25) is 0 Å². The first kappa shape index (κ1) is 10.1. The molecule has 1 heterocycles. The standard InChI is InChI=1S/C9H13ClN2O/c1-6(2)12-9-7(8(10)11)4-3-5-13-9/h11-12H,1,3-5H2,2H3. The summed E-state index contributed by atoms with van der Waals surface area (Å²) in [6, 6.07) is 0. The van der Waals surface area contributed by atoms with Gasteiger partial charge in [-0.3, -0.25) is 5.41 Å². The van der Waals surface area contributed by atoms with Gasteiger partial charge in [0.1, 0.15) is 5.17 Å². The lowest BCUT2D eigenvalue weighted by Gasteiger charge is -2.20. The van der Waals surface area contributed by atoms with Crippen LogP contribution in [0.5, 0.6) is 0 Å². The van der Waals surface area contributed by atoms with Gasteiger partial charge in [-0.1, -0.05) is 18.2 Å². The molecule has 3 nitrogen and oxygen atoms in total. The van der Waals surface area contributed by atoms with Crippen LogP contribution in [0.3, 0.4) is 0 Å². The van der Waals surface area contributed by atoms with Gasteiger partial charge in [-0.25, -0.2) is 0 Å². The van der Waals surface area contributed by atoms with Crippen LogP contribution in [-0.2, 0) is 4.74 Å². The minimum absolute atomic E-state index is 0.0449. The van der Waals surface area contributed by atoms with Gasteiger partial charge in [-0.15, -0.1) is 0 Å². The van der Waals surface area contributed by atoms with Crippen LogP contribution >= 0.6 is 11.6 Å². The van der Waals surface area contributed by atoms with E-state index in [0.29, 0.717) is 12.5 Å². The van der Waals surface area contributed by atoms with Crippen LogP contribution in [0.25, 0.3) is 0 Å². The minimum atomic E-state index is 0.0449. The van der Waals surface area contributed by atoms with Crippen molar-refractivity contribution in [3.05, 3.63) is 23.7 Å². The molecule has 0 aromatic heterocycles. The average molecular weight is 201 g/mol. The summed E-state index contributed by atoms with van der Waals surface area (Å²) < 4.78 is 5.35. The fourth-order valence-corrected chi connectivity index (χ4v) is 1.32. The summed E-state index contributed by atoms with van der Waals surface area (Å²) in [4.78, 5) is 0. The molecule has 1 aliphatic heterocycles. The highest BCUT2D eigenvalue weighted by Gasteiger charge is 2.16. The molecule has 0 aromatic rings. The van der Waals surface area contributed by atoms with Crippen LogP contribution < -0.4 is 5.32 Å². The molecule has 0 fully saturated rings. The van der Waals surface area contributed by atoms with Crippen molar-refractivity contribution in [2.75, 3.05) is 6.61 Å². The maximum Gasteiger partial charge on any atom is 0.197 e. The van der Waals surface area contributed by atoms with E-state index in [-0.39, 0.29) is 5.17 Å². The van der Waals surface area contributed by atoms with Crippen LogP contribution in [0.4, 0.5) is 0 Å². The Kier molecular flexibility index (Phi) is 3.37. The Morgan fingerprint density at radius 3 is 2.92 bits per heavy atom. The van der Waals surface area contributed by atoms with Gasteiger partial charge in [0, 0.05) is 11.3 Å². The van der Waals surface area contributed by atoms with Gasteiger partial charge in [0.2, 0.25) is 0 Å². The first-order chi connectivity index (χ1) is 6.11. The molecule has 0 aromatic carbocycles. The molecule has 1 aliphatic rings. The van der Waals surface area contributed by atoms with Crippen molar-refractivity contribution in [1.82, 2.24) is 5.32 Å². The Balaban J connectivity index is 2.83. The minimum Gasteiger partial charge on any atom is -0.479 e. The first-order valence-corrected chi connectivity index (χ1v) is 4.52. The molecular formula is C9H13ClN2O. The predicted molar refractivity (Wildman–Crippen MR) is 53.7 cm³/mol. The lowest BCUT2D eigenvalue weighted by atomic mass is 10.1. The highest BCUT2D eigenvalue weighted by atomic mass is 35.5. The zero-order chi connectivity index (χ0) is 9.84. The molecule has 0 bridgehead atoms. The van der Waals surface area contributed by atoms with Gasteiger partial charge in [-0.2, -0.15) is 0 Å². The molecule has 2 N–H and O–H groups in total. The van der Waals surface area contributed by atoms with Gasteiger partial charge >= 0.3 is 0 Å². The van der Waals surface area contributed by atoms with Crippen molar-refractivity contribution < 1.29 is 4.74 Å². The van der Waals surface area contributed by atoms with Crippen molar-refractivity contribution in [2.24, 2.45) is 0 Å². The Labute approximate surface area is 82.9 Å². The second kappa shape index (κ2) is 4.33. The van der Waals surface area contributed by atoms with E-state index in [1.165, 1.54) is 0 Å². The highest BCUT2D eigenvalue weighted by Crippen LogP contribution is 2.20. The van der Waals surface area contributed by atoms with E-state index in [1.54, 1.807) is 0 Å². The lowest BCUT2D eigenvalue weighted by Crippen LogP contribution is -2.21. The number of halogens is 1. The van der Waals surface area contributed by atoms with Crippen molar-refractivity contribution >= 4 is 16.8 Å². The quantitative estimate of drug-likeness (QED) is 0.687. The van der Waals surface area contributed by atoms with E-state index in [4.69, 9.17) is 21.7 Å². The van der Waals surface area contributed by atoms with Gasteiger partial charge in [0.05, 0.1) is 6.61 Å². The smallest absolute Gasteiger partial charge is 0.197 e. The third-order valence-electron chi connectivity index (χ3n) is 1.68. The molecule has 0 saturated carbocycles. The number of hydrogen-bond donors (Lipinski definition) is 2. The molecule has 0 amide bonds. The van der Waals surface area contributed by atoms with E-state index >= 15 is 0 Å². The zero-order valence-corrected chi connectivity index (χ0v) is 8.37. The monoisotopic (exact) mass is 200 g/mol. The molecule has 1 rings (SSSR count). The van der Waals surface area contributed by atoms with Crippen molar-refractivity contribution in [3.8, 4) is 0 Å². The third kappa shape index (κ3) is 2.77. The fourth-order valence-electron chi connectivity index (χ4n) is 1.14. The summed E-state index contributed by atoms with van der Waals surface area (Å²) in [5.41, 5.74) is 1.52. The van der Waals surface area contributed by atoms with E-state index in [2.05, 4.69) is 11.9 Å². The molecule has 0 spiro atoms. The van der Waals surface area contributed by atoms with Crippen LogP contribution in [0.1, 0.15) is 19.8 Å². The van der Waals surface area contributed by atoms with E-state index in [1.807, 2.05) is 6.92 Å². The van der Waals surface area contributed by atoms with E-state index < -0.39 is 0 Å². The first-order valence-electron chi connectivity index (χ1n) is 4.14. The largest absolute Gasteiger partial charge is 0.479 e. The van der Waals surface area contributed by atoms with Crippen molar-refractivity contribution in [3.63, 3.8) is 0 Å². The average Bonchev–Trinajstić information content (AvgIpc) is 2.03. The molecule has 0 atom stereocenters. The maximum atomic E-state index is 7.32. The molecule has 0 saturated heterocycles. The summed E-state index contributed by atoms with van der Waals surface area (Å²) in [5.74, 6) is 0.582. The molecule has 72 valence electrons. The van der Waals surface area contributed by atoms with E-state index in [9.17, 15) is 0 Å². The van der Waals surface area contributed by atoms with Gasteiger partial charge in [0.15, 0.2) is 5.88 Å². The number of allylic oxidation sites excluding steroid dienone is 2. The normalized spacial score (nSPS) is 16.5. The molecule has 0 unspecified atom stereocenters. The van der Waals surface area contributed by atoms with Gasteiger partial charge in [0.25, 0.3) is 0 Å². The predicted octanol–water partition coefficient (Wildman–Crippen LogP) is 2.35. The molecule has 0 radical (unpaired) electrons. The molecule has 4 heteroatoms. The Morgan fingerprint density at radius 1 is 1.69 bits per heavy atom.